The second kappa shape index (κ2) is 4.38. The summed E-state index contributed by atoms with van der Waals surface area (Å²) in [5.41, 5.74) is 0.392. The minimum Gasteiger partial charge on any atom is -0.353 e. The summed E-state index contributed by atoms with van der Waals surface area (Å²) in [6.07, 6.45) is 7.64. The fraction of sp³-hybridized carbons (Fsp3) is 0.545. The molecule has 0 amide bonds. The molecule has 0 saturated carbocycles. The lowest BCUT2D eigenvalue weighted by atomic mass is 10.0. The van der Waals surface area contributed by atoms with E-state index in [9.17, 15) is 4.79 Å². The fourth-order valence-electron chi connectivity index (χ4n) is 1.98. The molecule has 2 rings (SSSR count). The fourth-order valence-corrected chi connectivity index (χ4v) is 1.98. The molecule has 4 nitrogen and oxygen atoms in total. The Morgan fingerprint density at radius 2 is 2.27 bits per heavy atom. The standard InChI is InChI=1S/C11H15N3O/c1-9-4-2-3-5-14(9)11-7-12-10(8-15)6-13-11/h6-9H,2-5H2,1H3. The van der Waals surface area contributed by atoms with Crippen LogP contribution < -0.4 is 4.90 Å². The van der Waals surface area contributed by atoms with Gasteiger partial charge in [0.2, 0.25) is 0 Å². The van der Waals surface area contributed by atoms with Gasteiger partial charge in [-0.3, -0.25) is 4.79 Å². The van der Waals surface area contributed by atoms with E-state index in [-0.39, 0.29) is 0 Å². The van der Waals surface area contributed by atoms with Crippen LogP contribution in [0.1, 0.15) is 36.7 Å². The van der Waals surface area contributed by atoms with Gasteiger partial charge in [-0.2, -0.15) is 0 Å². The van der Waals surface area contributed by atoms with Crippen molar-refractivity contribution < 1.29 is 4.79 Å². The predicted molar refractivity (Wildman–Crippen MR) is 58.1 cm³/mol. The van der Waals surface area contributed by atoms with Crippen molar-refractivity contribution in [3.63, 3.8) is 0 Å². The Morgan fingerprint density at radius 1 is 1.40 bits per heavy atom. The molecule has 0 spiro atoms. The van der Waals surface area contributed by atoms with Crippen molar-refractivity contribution in [1.29, 1.82) is 0 Å². The van der Waals surface area contributed by atoms with Crippen LogP contribution in [-0.4, -0.2) is 28.8 Å². The molecule has 1 aromatic heterocycles. The summed E-state index contributed by atoms with van der Waals surface area (Å²) in [5.74, 6) is 0.882. The number of piperidine rings is 1. The molecule has 1 aliphatic rings. The Morgan fingerprint density at radius 3 is 2.87 bits per heavy atom. The van der Waals surface area contributed by atoms with Crippen LogP contribution in [0.2, 0.25) is 0 Å². The molecule has 80 valence electrons. The minimum atomic E-state index is 0.392. The van der Waals surface area contributed by atoms with Crippen LogP contribution in [0.4, 0.5) is 5.82 Å². The number of hydrogen-bond donors (Lipinski definition) is 0. The molecule has 0 N–H and O–H groups in total. The molecule has 0 bridgehead atoms. The monoisotopic (exact) mass is 205 g/mol. The molecule has 1 atom stereocenters. The van der Waals surface area contributed by atoms with Crippen LogP contribution in [0, 0.1) is 0 Å². The molecule has 0 aromatic carbocycles. The molecule has 15 heavy (non-hydrogen) atoms. The van der Waals surface area contributed by atoms with Gasteiger partial charge in [0, 0.05) is 12.6 Å². The van der Waals surface area contributed by atoms with Gasteiger partial charge >= 0.3 is 0 Å². The Hall–Kier alpha value is -1.45. The van der Waals surface area contributed by atoms with Crippen LogP contribution in [0.25, 0.3) is 0 Å². The first kappa shape index (κ1) is 10.1. The lowest BCUT2D eigenvalue weighted by molar-refractivity contribution is 0.111. The Bertz CT molecular complexity index is 336. The minimum absolute atomic E-state index is 0.392. The number of aldehydes is 1. The second-order valence-corrected chi connectivity index (χ2v) is 3.96. The summed E-state index contributed by atoms with van der Waals surface area (Å²) in [6.45, 7) is 3.24. The van der Waals surface area contributed by atoms with E-state index in [4.69, 9.17) is 0 Å². The first-order valence-corrected chi connectivity index (χ1v) is 5.35. The van der Waals surface area contributed by atoms with E-state index >= 15 is 0 Å². The van der Waals surface area contributed by atoms with Gasteiger partial charge in [0.05, 0.1) is 12.4 Å². The second-order valence-electron chi connectivity index (χ2n) is 3.96. The number of nitrogens with zero attached hydrogens (tertiary/aromatic N) is 3. The molecule has 1 aliphatic heterocycles. The van der Waals surface area contributed by atoms with E-state index in [2.05, 4.69) is 21.8 Å². The molecule has 0 aliphatic carbocycles. The number of rotatable bonds is 2. The smallest absolute Gasteiger partial charge is 0.170 e. The van der Waals surface area contributed by atoms with Gasteiger partial charge in [0.25, 0.3) is 0 Å². The van der Waals surface area contributed by atoms with E-state index in [0.717, 1.165) is 18.6 Å². The zero-order valence-electron chi connectivity index (χ0n) is 8.89. The number of aromatic nitrogens is 2. The quantitative estimate of drug-likeness (QED) is 0.689. The summed E-state index contributed by atoms with van der Waals surface area (Å²) in [7, 11) is 0. The molecular weight excluding hydrogens is 190 g/mol. The van der Waals surface area contributed by atoms with Crippen molar-refractivity contribution in [2.75, 3.05) is 11.4 Å². The number of carbonyl (C=O) groups is 1. The van der Waals surface area contributed by atoms with Crippen molar-refractivity contribution in [2.45, 2.75) is 32.2 Å². The van der Waals surface area contributed by atoms with Gasteiger partial charge in [0.1, 0.15) is 11.5 Å². The predicted octanol–water partition coefficient (Wildman–Crippen LogP) is 1.67. The average Bonchev–Trinajstić information content (AvgIpc) is 2.30. The van der Waals surface area contributed by atoms with Crippen molar-refractivity contribution in [3.8, 4) is 0 Å². The SMILES string of the molecule is CC1CCCCN1c1cnc(C=O)cn1. The van der Waals surface area contributed by atoms with Gasteiger partial charge < -0.3 is 4.90 Å². The summed E-state index contributed by atoms with van der Waals surface area (Å²) >= 11 is 0. The van der Waals surface area contributed by atoms with Gasteiger partial charge in [-0.25, -0.2) is 9.97 Å². The summed E-state index contributed by atoms with van der Waals surface area (Å²) in [6, 6.07) is 0.523. The van der Waals surface area contributed by atoms with Crippen LogP contribution >= 0.6 is 0 Å². The van der Waals surface area contributed by atoms with Crippen molar-refractivity contribution in [1.82, 2.24) is 9.97 Å². The van der Waals surface area contributed by atoms with E-state index in [1.807, 2.05) is 0 Å². The van der Waals surface area contributed by atoms with Crippen molar-refractivity contribution in [3.05, 3.63) is 18.1 Å². The van der Waals surface area contributed by atoms with Crippen molar-refractivity contribution in [2.24, 2.45) is 0 Å². The van der Waals surface area contributed by atoms with Crippen LogP contribution in [0.3, 0.4) is 0 Å². The van der Waals surface area contributed by atoms with Gasteiger partial charge in [0.15, 0.2) is 6.29 Å². The summed E-state index contributed by atoms with van der Waals surface area (Å²) in [4.78, 5) is 21.0. The Balaban J connectivity index is 2.16. The Labute approximate surface area is 89.3 Å². The van der Waals surface area contributed by atoms with Gasteiger partial charge in [-0.1, -0.05) is 0 Å². The number of carbonyl (C=O) groups excluding carboxylic acids is 1. The lowest BCUT2D eigenvalue weighted by Gasteiger charge is -2.34. The highest BCUT2D eigenvalue weighted by Gasteiger charge is 2.19. The van der Waals surface area contributed by atoms with Crippen LogP contribution in [0.15, 0.2) is 12.4 Å². The highest BCUT2D eigenvalue weighted by Crippen LogP contribution is 2.21. The van der Waals surface area contributed by atoms with E-state index in [0.29, 0.717) is 11.7 Å². The van der Waals surface area contributed by atoms with E-state index < -0.39 is 0 Å². The highest BCUT2D eigenvalue weighted by molar-refractivity contribution is 5.71. The third-order valence-electron chi connectivity index (χ3n) is 2.88. The molecule has 0 radical (unpaired) electrons. The molecular formula is C11H15N3O. The number of anilines is 1. The molecule has 1 saturated heterocycles. The third-order valence-corrected chi connectivity index (χ3v) is 2.88. The molecule has 1 unspecified atom stereocenters. The van der Waals surface area contributed by atoms with Gasteiger partial charge in [-0.15, -0.1) is 0 Å². The first-order chi connectivity index (χ1) is 7.31. The van der Waals surface area contributed by atoms with Crippen LogP contribution in [0.5, 0.6) is 0 Å². The van der Waals surface area contributed by atoms with Crippen molar-refractivity contribution >= 4 is 12.1 Å². The topological polar surface area (TPSA) is 46.1 Å². The third kappa shape index (κ3) is 2.14. The largest absolute Gasteiger partial charge is 0.353 e. The number of hydrogen-bond acceptors (Lipinski definition) is 4. The normalized spacial score (nSPS) is 21.4. The van der Waals surface area contributed by atoms with E-state index in [1.165, 1.54) is 25.5 Å². The summed E-state index contributed by atoms with van der Waals surface area (Å²) in [5, 5.41) is 0. The lowest BCUT2D eigenvalue weighted by Crippen LogP contribution is -2.38. The summed E-state index contributed by atoms with van der Waals surface area (Å²) < 4.78 is 0. The Kier molecular flexibility index (Phi) is 2.94. The average molecular weight is 205 g/mol. The maximum Gasteiger partial charge on any atom is 0.170 e. The molecule has 1 aromatic rings. The maximum absolute atomic E-state index is 10.4. The first-order valence-electron chi connectivity index (χ1n) is 5.35. The van der Waals surface area contributed by atoms with Gasteiger partial charge in [-0.05, 0) is 26.2 Å². The molecule has 2 heterocycles. The molecule has 4 heteroatoms. The van der Waals surface area contributed by atoms with E-state index in [1.54, 1.807) is 6.20 Å². The maximum atomic E-state index is 10.4. The molecule has 1 fully saturated rings. The van der Waals surface area contributed by atoms with Crippen LogP contribution in [-0.2, 0) is 0 Å². The highest BCUT2D eigenvalue weighted by atomic mass is 16.1. The zero-order chi connectivity index (χ0) is 10.7. The zero-order valence-corrected chi connectivity index (χ0v) is 8.89.